The van der Waals surface area contributed by atoms with Crippen molar-refractivity contribution in [2.75, 3.05) is 13.7 Å². The molecular formula is C25H26N4O6. The maximum absolute atomic E-state index is 12.5. The quantitative estimate of drug-likeness (QED) is 0.339. The number of aromatic nitrogens is 1. The molecular weight excluding hydrogens is 452 g/mol. The summed E-state index contributed by atoms with van der Waals surface area (Å²) >= 11 is 0. The first-order chi connectivity index (χ1) is 16.7. The van der Waals surface area contributed by atoms with Gasteiger partial charge in [0.25, 0.3) is 5.91 Å². The first kappa shape index (κ1) is 24.0. The smallest absolute Gasteiger partial charge is 0.254 e. The number of carbonyl (C=O) groups excluding carboxylic acids is 3. The highest BCUT2D eigenvalue weighted by Gasteiger charge is 2.64. The average molecular weight is 479 g/mol. The number of rotatable bonds is 9. The molecule has 0 spiro atoms. The summed E-state index contributed by atoms with van der Waals surface area (Å²) in [7, 11) is 1.51. The lowest BCUT2D eigenvalue weighted by atomic mass is 9.97. The molecule has 2 aromatic carbocycles. The molecule has 0 saturated heterocycles. The number of fused-ring (bicyclic) bond motifs is 1. The van der Waals surface area contributed by atoms with E-state index in [1.165, 1.54) is 7.05 Å². The minimum absolute atomic E-state index is 0.0197. The molecule has 0 bridgehead atoms. The van der Waals surface area contributed by atoms with Gasteiger partial charge < -0.3 is 31.4 Å². The van der Waals surface area contributed by atoms with Crippen molar-refractivity contribution in [1.82, 2.24) is 10.3 Å². The second kappa shape index (κ2) is 9.22. The molecule has 10 heteroatoms. The lowest BCUT2D eigenvalue weighted by molar-refractivity contribution is -0.133. The molecule has 1 aliphatic rings. The van der Waals surface area contributed by atoms with E-state index in [0.717, 1.165) is 5.56 Å². The van der Waals surface area contributed by atoms with E-state index >= 15 is 0 Å². The predicted molar refractivity (Wildman–Crippen MR) is 127 cm³/mol. The summed E-state index contributed by atoms with van der Waals surface area (Å²) in [5.74, 6) is -0.897. The Morgan fingerprint density at radius 3 is 2.40 bits per heavy atom. The summed E-state index contributed by atoms with van der Waals surface area (Å²) in [6, 6.07) is 11.9. The van der Waals surface area contributed by atoms with E-state index in [0.29, 0.717) is 28.2 Å². The van der Waals surface area contributed by atoms with Crippen LogP contribution in [0.5, 0.6) is 17.2 Å². The monoisotopic (exact) mass is 478 g/mol. The van der Waals surface area contributed by atoms with Crippen LogP contribution in [0, 0.1) is 5.41 Å². The Morgan fingerprint density at radius 2 is 1.83 bits per heavy atom. The maximum Gasteiger partial charge on any atom is 0.254 e. The minimum atomic E-state index is -1.34. The van der Waals surface area contributed by atoms with Crippen molar-refractivity contribution in [3.05, 3.63) is 59.8 Å². The van der Waals surface area contributed by atoms with Crippen molar-refractivity contribution in [2.45, 2.75) is 25.4 Å². The van der Waals surface area contributed by atoms with Gasteiger partial charge >= 0.3 is 0 Å². The van der Waals surface area contributed by atoms with Gasteiger partial charge in [-0.2, -0.15) is 0 Å². The summed E-state index contributed by atoms with van der Waals surface area (Å²) in [6.45, 7) is 1.60. The highest BCUT2D eigenvalue weighted by Crippen LogP contribution is 2.59. The van der Waals surface area contributed by atoms with Gasteiger partial charge in [0.15, 0.2) is 0 Å². The van der Waals surface area contributed by atoms with Crippen LogP contribution in [0.1, 0.15) is 35.2 Å². The van der Waals surface area contributed by atoms with E-state index in [-0.39, 0.29) is 30.4 Å². The van der Waals surface area contributed by atoms with E-state index in [4.69, 9.17) is 20.9 Å². The van der Waals surface area contributed by atoms with Gasteiger partial charge in [-0.05, 0) is 43.2 Å². The molecule has 1 heterocycles. The van der Waals surface area contributed by atoms with Crippen LogP contribution in [0.2, 0.25) is 0 Å². The fourth-order valence-corrected chi connectivity index (χ4v) is 4.11. The molecule has 0 radical (unpaired) electrons. The Kier molecular flexibility index (Phi) is 6.31. The number of hydrogen-bond acceptors (Lipinski definition) is 7. The van der Waals surface area contributed by atoms with E-state index < -0.39 is 23.3 Å². The molecule has 10 nitrogen and oxygen atoms in total. The molecule has 1 fully saturated rings. The maximum atomic E-state index is 12.5. The third kappa shape index (κ3) is 4.47. The van der Waals surface area contributed by atoms with Gasteiger partial charge in [0.05, 0.1) is 17.2 Å². The Balaban J connectivity index is 1.62. The lowest BCUT2D eigenvalue weighted by Gasteiger charge is -2.15. The summed E-state index contributed by atoms with van der Waals surface area (Å²) in [5, 5.41) is 12.7. The van der Waals surface area contributed by atoms with Gasteiger partial charge in [-0.25, -0.2) is 0 Å². The number of nitrogens with one attached hydrogen (secondary N) is 1. The van der Waals surface area contributed by atoms with Gasteiger partial charge in [0.1, 0.15) is 29.3 Å². The van der Waals surface area contributed by atoms with Gasteiger partial charge in [0, 0.05) is 30.6 Å². The fourth-order valence-electron chi connectivity index (χ4n) is 4.11. The second-order valence-electron chi connectivity index (χ2n) is 8.54. The standard InChI is InChI=1S/C25H26N4O6/c1-13(30)12-34-21-10-19-16(9-17(21)22(31)28-2)20(7-8-29-19)35-15-5-3-14(4-6-15)18-11-25(18,23(26)32)24(27)33/h3-10,13,18,30H,11-12H2,1-2H3,(H2,26,32)(H2,27,33)(H,28,31). The third-order valence-corrected chi connectivity index (χ3v) is 6.11. The average Bonchev–Trinajstić information content (AvgIpc) is 3.60. The molecule has 1 aliphatic carbocycles. The molecule has 1 saturated carbocycles. The van der Waals surface area contributed by atoms with Crippen LogP contribution in [0.3, 0.4) is 0 Å². The Morgan fingerprint density at radius 1 is 1.14 bits per heavy atom. The largest absolute Gasteiger partial charge is 0.490 e. The molecule has 3 aromatic rings. The highest BCUT2D eigenvalue weighted by molar-refractivity contribution is 6.08. The van der Waals surface area contributed by atoms with Crippen LogP contribution >= 0.6 is 0 Å². The number of nitrogens with two attached hydrogens (primary N) is 2. The number of amides is 3. The number of hydrogen-bond donors (Lipinski definition) is 4. The van der Waals surface area contributed by atoms with Crippen LogP contribution < -0.4 is 26.3 Å². The highest BCUT2D eigenvalue weighted by atomic mass is 16.5. The number of benzene rings is 2. The second-order valence-corrected chi connectivity index (χ2v) is 8.54. The Labute approximate surface area is 201 Å². The van der Waals surface area contributed by atoms with Crippen LogP contribution in [0.4, 0.5) is 0 Å². The van der Waals surface area contributed by atoms with E-state index in [9.17, 15) is 19.5 Å². The number of pyridine rings is 1. The zero-order chi connectivity index (χ0) is 25.3. The molecule has 6 N–H and O–H groups in total. The van der Waals surface area contributed by atoms with E-state index in [1.54, 1.807) is 55.6 Å². The van der Waals surface area contributed by atoms with Gasteiger partial charge in [0.2, 0.25) is 11.8 Å². The lowest BCUT2D eigenvalue weighted by Crippen LogP contribution is -2.38. The van der Waals surface area contributed by atoms with E-state index in [2.05, 4.69) is 10.3 Å². The van der Waals surface area contributed by atoms with Crippen LogP contribution in [0.15, 0.2) is 48.7 Å². The van der Waals surface area contributed by atoms with Crippen molar-refractivity contribution in [1.29, 1.82) is 0 Å². The van der Waals surface area contributed by atoms with Gasteiger partial charge in [-0.1, -0.05) is 12.1 Å². The van der Waals surface area contributed by atoms with Crippen LogP contribution in [-0.2, 0) is 9.59 Å². The van der Waals surface area contributed by atoms with Crippen molar-refractivity contribution in [2.24, 2.45) is 16.9 Å². The molecule has 0 aliphatic heterocycles. The van der Waals surface area contributed by atoms with Crippen molar-refractivity contribution >= 4 is 28.6 Å². The van der Waals surface area contributed by atoms with E-state index in [1.807, 2.05) is 0 Å². The van der Waals surface area contributed by atoms with Gasteiger partial charge in [-0.15, -0.1) is 0 Å². The SMILES string of the molecule is CNC(=O)c1cc2c(Oc3ccc(C4CC4(C(N)=O)C(N)=O)cc3)ccnc2cc1OCC(C)O. The summed E-state index contributed by atoms with van der Waals surface area (Å²) in [4.78, 5) is 40.4. The predicted octanol–water partition coefficient (Wildman–Crippen LogP) is 1.59. The normalized spacial score (nSPS) is 16.8. The summed E-state index contributed by atoms with van der Waals surface area (Å²) in [6.07, 6.45) is 1.15. The van der Waals surface area contributed by atoms with Crippen molar-refractivity contribution in [3.63, 3.8) is 0 Å². The summed E-state index contributed by atoms with van der Waals surface area (Å²) in [5.41, 5.74) is 11.1. The zero-order valence-electron chi connectivity index (χ0n) is 19.3. The molecule has 4 rings (SSSR count). The molecule has 3 amide bonds. The number of primary amides is 2. The minimum Gasteiger partial charge on any atom is -0.490 e. The van der Waals surface area contributed by atoms with Crippen LogP contribution in [0.25, 0.3) is 10.9 Å². The molecule has 2 unspecified atom stereocenters. The number of nitrogens with zero attached hydrogens (tertiary/aromatic N) is 1. The molecule has 2 atom stereocenters. The van der Waals surface area contributed by atoms with Gasteiger partial charge in [-0.3, -0.25) is 19.4 Å². The number of aliphatic hydroxyl groups excluding tert-OH is 1. The topological polar surface area (TPSA) is 167 Å². The Bertz CT molecular complexity index is 1290. The third-order valence-electron chi connectivity index (χ3n) is 6.11. The number of ether oxygens (including phenoxy) is 2. The van der Waals surface area contributed by atoms with Crippen LogP contribution in [-0.4, -0.2) is 47.6 Å². The molecule has 182 valence electrons. The zero-order valence-corrected chi connectivity index (χ0v) is 19.3. The first-order valence-electron chi connectivity index (χ1n) is 11.0. The number of carbonyl (C=O) groups is 3. The molecule has 1 aromatic heterocycles. The fraction of sp³-hybridized carbons (Fsp3) is 0.280. The molecule has 35 heavy (non-hydrogen) atoms. The Hall–Kier alpha value is -4.18. The van der Waals surface area contributed by atoms with Crippen molar-refractivity contribution < 1.29 is 29.0 Å². The van der Waals surface area contributed by atoms with Crippen molar-refractivity contribution in [3.8, 4) is 17.2 Å². The summed E-state index contributed by atoms with van der Waals surface area (Å²) < 4.78 is 11.7. The first-order valence-corrected chi connectivity index (χ1v) is 11.0. The number of aliphatic hydroxyl groups is 1.